The number of carbonyl (C=O) groups excluding carboxylic acids is 1. The predicted octanol–water partition coefficient (Wildman–Crippen LogP) is 4.14. The highest BCUT2D eigenvalue weighted by Gasteiger charge is 2.49. The zero-order valence-corrected chi connectivity index (χ0v) is 13.8. The number of carbonyl (C=O) groups is 1. The number of nitrogens with zero attached hydrogens (tertiary/aromatic N) is 1. The Hall–Kier alpha value is -2.34. The molecule has 0 unspecified atom stereocenters. The van der Waals surface area contributed by atoms with Crippen LogP contribution in [-0.2, 0) is 15.7 Å². The van der Waals surface area contributed by atoms with Crippen LogP contribution in [0.4, 0.5) is 13.2 Å². The van der Waals surface area contributed by atoms with E-state index in [1.54, 1.807) is 11.0 Å². The normalized spacial score (nSPS) is 26.8. The van der Waals surface area contributed by atoms with Gasteiger partial charge in [0, 0.05) is 18.9 Å². The second-order valence-electron chi connectivity index (χ2n) is 7.06. The van der Waals surface area contributed by atoms with Crippen molar-refractivity contribution in [3.8, 4) is 11.1 Å². The van der Waals surface area contributed by atoms with Gasteiger partial charge in [0.25, 0.3) is 0 Å². The molecule has 0 spiro atoms. The van der Waals surface area contributed by atoms with Crippen LogP contribution >= 0.6 is 0 Å². The van der Waals surface area contributed by atoms with Crippen LogP contribution in [0.1, 0.15) is 34.9 Å². The molecule has 0 bridgehead atoms. The van der Waals surface area contributed by atoms with Crippen molar-refractivity contribution in [1.29, 1.82) is 0 Å². The molecule has 0 aromatic heterocycles. The largest absolute Gasteiger partial charge is 0.416 e. The standard InChI is InChI=1S/C20H16F3NO2/c21-20(22,23)11-5-6-13-12-3-1-2-4-14(12)18-16(15(13)9-11)10-17-24(19(18)25)7-8-26-17/h1-6,9,16-18H,7-8,10H2/t16-,17+,18+/m1/s1. The number of hydrogen-bond donors (Lipinski definition) is 0. The van der Waals surface area contributed by atoms with Gasteiger partial charge in [-0.15, -0.1) is 0 Å². The molecule has 26 heavy (non-hydrogen) atoms. The minimum atomic E-state index is -4.41. The summed E-state index contributed by atoms with van der Waals surface area (Å²) in [5, 5.41) is 0. The minimum Gasteiger partial charge on any atom is -0.356 e. The Kier molecular flexibility index (Phi) is 3.26. The molecule has 6 heteroatoms. The van der Waals surface area contributed by atoms with Crippen LogP contribution < -0.4 is 0 Å². The van der Waals surface area contributed by atoms with E-state index in [2.05, 4.69) is 0 Å². The second-order valence-corrected chi connectivity index (χ2v) is 7.06. The summed E-state index contributed by atoms with van der Waals surface area (Å²) < 4.78 is 45.5. The Balaban J connectivity index is 1.73. The van der Waals surface area contributed by atoms with Gasteiger partial charge in [0.15, 0.2) is 0 Å². The average Bonchev–Trinajstić information content (AvgIpc) is 3.09. The number of rotatable bonds is 0. The highest BCUT2D eigenvalue weighted by Crippen LogP contribution is 2.53. The van der Waals surface area contributed by atoms with Gasteiger partial charge >= 0.3 is 6.18 Å². The number of ether oxygens (including phenoxy) is 1. The summed E-state index contributed by atoms with van der Waals surface area (Å²) in [6.07, 6.45) is -4.22. The number of piperidine rings is 1. The maximum absolute atomic E-state index is 13.3. The molecular weight excluding hydrogens is 343 g/mol. The molecule has 2 aromatic rings. The van der Waals surface area contributed by atoms with Crippen LogP contribution in [0.25, 0.3) is 11.1 Å². The van der Waals surface area contributed by atoms with E-state index >= 15 is 0 Å². The predicted molar refractivity (Wildman–Crippen MR) is 88.4 cm³/mol. The van der Waals surface area contributed by atoms with E-state index in [4.69, 9.17) is 4.74 Å². The summed E-state index contributed by atoms with van der Waals surface area (Å²) in [5.74, 6) is -0.784. The molecule has 2 heterocycles. The van der Waals surface area contributed by atoms with Gasteiger partial charge in [0.1, 0.15) is 6.23 Å². The fourth-order valence-electron chi connectivity index (χ4n) is 4.63. The van der Waals surface area contributed by atoms with Crippen molar-refractivity contribution in [1.82, 2.24) is 4.90 Å². The molecule has 3 aliphatic rings. The average molecular weight is 359 g/mol. The van der Waals surface area contributed by atoms with Crippen molar-refractivity contribution in [2.24, 2.45) is 0 Å². The molecular formula is C20H16F3NO2. The van der Waals surface area contributed by atoms with Crippen LogP contribution in [0.2, 0.25) is 0 Å². The summed E-state index contributed by atoms with van der Waals surface area (Å²) in [4.78, 5) is 14.9. The fourth-order valence-corrected chi connectivity index (χ4v) is 4.63. The topological polar surface area (TPSA) is 29.5 Å². The number of alkyl halides is 3. The van der Waals surface area contributed by atoms with E-state index < -0.39 is 17.7 Å². The summed E-state index contributed by atoms with van der Waals surface area (Å²) in [6.45, 7) is 1.03. The highest BCUT2D eigenvalue weighted by molar-refractivity contribution is 5.92. The van der Waals surface area contributed by atoms with E-state index in [9.17, 15) is 18.0 Å². The molecule has 0 radical (unpaired) electrons. The molecule has 134 valence electrons. The lowest BCUT2D eigenvalue weighted by atomic mass is 9.67. The van der Waals surface area contributed by atoms with Crippen molar-refractivity contribution in [3.05, 3.63) is 59.2 Å². The second kappa shape index (κ2) is 5.33. The number of fused-ring (bicyclic) bond motifs is 7. The number of halogens is 3. The van der Waals surface area contributed by atoms with Crippen LogP contribution in [0.3, 0.4) is 0 Å². The maximum atomic E-state index is 13.3. The molecule has 2 saturated heterocycles. The Morgan fingerprint density at radius 3 is 2.62 bits per heavy atom. The molecule has 3 atom stereocenters. The van der Waals surface area contributed by atoms with Crippen molar-refractivity contribution in [3.63, 3.8) is 0 Å². The number of amides is 1. The van der Waals surface area contributed by atoms with Crippen LogP contribution in [-0.4, -0.2) is 30.2 Å². The van der Waals surface area contributed by atoms with E-state index in [1.165, 1.54) is 6.07 Å². The smallest absolute Gasteiger partial charge is 0.356 e. The molecule has 0 saturated carbocycles. The third-order valence-electron chi connectivity index (χ3n) is 5.76. The van der Waals surface area contributed by atoms with Gasteiger partial charge in [0.2, 0.25) is 5.91 Å². The molecule has 5 rings (SSSR count). The number of benzene rings is 2. The quantitative estimate of drug-likeness (QED) is 0.708. The zero-order valence-electron chi connectivity index (χ0n) is 13.8. The first-order valence-corrected chi connectivity index (χ1v) is 8.67. The van der Waals surface area contributed by atoms with Crippen molar-refractivity contribution in [2.75, 3.05) is 13.2 Å². The Labute approximate surface area is 148 Å². The van der Waals surface area contributed by atoms with Crippen LogP contribution in [0.15, 0.2) is 42.5 Å². The summed E-state index contributed by atoms with van der Waals surface area (Å²) in [5.41, 5.74) is 2.47. The van der Waals surface area contributed by atoms with Crippen molar-refractivity contribution >= 4 is 5.91 Å². The monoisotopic (exact) mass is 359 g/mol. The van der Waals surface area contributed by atoms with Crippen LogP contribution in [0.5, 0.6) is 0 Å². The van der Waals surface area contributed by atoms with Crippen LogP contribution in [0, 0.1) is 0 Å². The van der Waals surface area contributed by atoms with Crippen molar-refractivity contribution in [2.45, 2.75) is 30.7 Å². The first-order valence-electron chi connectivity index (χ1n) is 8.67. The van der Waals surface area contributed by atoms with Gasteiger partial charge < -0.3 is 9.64 Å². The minimum absolute atomic E-state index is 0.0424. The number of hydrogen-bond acceptors (Lipinski definition) is 2. The first kappa shape index (κ1) is 15.9. The first-order chi connectivity index (χ1) is 12.4. The Bertz CT molecular complexity index is 908. The molecule has 0 N–H and O–H groups in total. The molecule has 3 nitrogen and oxygen atoms in total. The lowest BCUT2D eigenvalue weighted by Gasteiger charge is -2.43. The van der Waals surface area contributed by atoms with Gasteiger partial charge in [-0.3, -0.25) is 4.79 Å². The lowest BCUT2D eigenvalue weighted by molar-refractivity contribution is -0.143. The van der Waals surface area contributed by atoms with E-state index in [0.717, 1.165) is 22.8 Å². The fraction of sp³-hybridized carbons (Fsp3) is 0.350. The Morgan fingerprint density at radius 2 is 1.81 bits per heavy atom. The third-order valence-corrected chi connectivity index (χ3v) is 5.76. The van der Waals surface area contributed by atoms with E-state index in [-0.39, 0.29) is 18.1 Å². The van der Waals surface area contributed by atoms with Gasteiger partial charge in [0.05, 0.1) is 18.1 Å². The Morgan fingerprint density at radius 1 is 1.04 bits per heavy atom. The molecule has 2 aromatic carbocycles. The zero-order chi connectivity index (χ0) is 18.1. The van der Waals surface area contributed by atoms with Gasteiger partial charge in [-0.05, 0) is 34.4 Å². The summed E-state index contributed by atoms with van der Waals surface area (Å²) in [7, 11) is 0. The van der Waals surface area contributed by atoms with Crippen molar-refractivity contribution < 1.29 is 22.7 Å². The van der Waals surface area contributed by atoms with Gasteiger partial charge in [-0.25, -0.2) is 0 Å². The van der Waals surface area contributed by atoms with E-state index in [1.807, 2.05) is 24.3 Å². The third kappa shape index (κ3) is 2.14. The molecule has 2 aliphatic heterocycles. The van der Waals surface area contributed by atoms with Gasteiger partial charge in [-0.1, -0.05) is 30.3 Å². The molecule has 1 aliphatic carbocycles. The molecule has 2 fully saturated rings. The SMILES string of the molecule is O=C1[C@H]2c3ccccc3-c3ccc(C(F)(F)F)cc3[C@H]2C[C@@H]2OCCN12. The van der Waals surface area contributed by atoms with Gasteiger partial charge in [-0.2, -0.15) is 13.2 Å². The molecule has 1 amide bonds. The summed E-state index contributed by atoms with van der Waals surface area (Å²) in [6, 6.07) is 11.4. The van der Waals surface area contributed by atoms with E-state index in [0.29, 0.717) is 25.1 Å². The highest BCUT2D eigenvalue weighted by atomic mass is 19.4. The lowest BCUT2D eigenvalue weighted by Crippen LogP contribution is -2.48. The maximum Gasteiger partial charge on any atom is 0.416 e. The summed E-state index contributed by atoms with van der Waals surface area (Å²) >= 11 is 0.